The van der Waals surface area contributed by atoms with Gasteiger partial charge < -0.3 is 10.6 Å². The number of nitrogens with one attached hydrogen (secondary N) is 2. The first-order chi connectivity index (χ1) is 9.43. The van der Waals surface area contributed by atoms with Gasteiger partial charge in [0.15, 0.2) is 0 Å². The van der Waals surface area contributed by atoms with Gasteiger partial charge in [-0.15, -0.1) is 0 Å². The van der Waals surface area contributed by atoms with Gasteiger partial charge in [0, 0.05) is 18.1 Å². The summed E-state index contributed by atoms with van der Waals surface area (Å²) in [4.78, 5) is 0. The second-order valence-corrected chi connectivity index (χ2v) is 7.11. The molecule has 0 amide bonds. The third-order valence-corrected chi connectivity index (χ3v) is 5.74. The van der Waals surface area contributed by atoms with E-state index in [1.807, 2.05) is 0 Å². The summed E-state index contributed by atoms with van der Waals surface area (Å²) in [5.41, 5.74) is 0. The summed E-state index contributed by atoms with van der Waals surface area (Å²) >= 11 is 0. The molecule has 0 spiro atoms. The molecule has 0 aromatic rings. The molecule has 2 N–H and O–H groups in total. The van der Waals surface area contributed by atoms with Crippen molar-refractivity contribution < 1.29 is 0 Å². The molecule has 19 heavy (non-hydrogen) atoms. The lowest BCUT2D eigenvalue weighted by Gasteiger charge is -2.42. The van der Waals surface area contributed by atoms with Crippen molar-refractivity contribution >= 4 is 0 Å². The van der Waals surface area contributed by atoms with Crippen molar-refractivity contribution in [1.29, 1.82) is 0 Å². The van der Waals surface area contributed by atoms with Gasteiger partial charge in [-0.1, -0.05) is 38.5 Å². The Morgan fingerprint density at radius 2 is 1.42 bits per heavy atom. The topological polar surface area (TPSA) is 24.1 Å². The summed E-state index contributed by atoms with van der Waals surface area (Å²) in [5, 5.41) is 7.88. The number of hydrogen-bond donors (Lipinski definition) is 2. The van der Waals surface area contributed by atoms with Gasteiger partial charge in [-0.2, -0.15) is 0 Å². The summed E-state index contributed by atoms with van der Waals surface area (Å²) in [5.74, 6) is 0.913. The van der Waals surface area contributed by atoms with E-state index in [1.54, 1.807) is 0 Å². The Labute approximate surface area is 119 Å². The summed E-state index contributed by atoms with van der Waals surface area (Å²) in [6, 6.07) is 2.46. The molecule has 2 nitrogen and oxygen atoms in total. The molecule has 2 saturated carbocycles. The summed E-state index contributed by atoms with van der Waals surface area (Å²) in [6.07, 6.45) is 17.3. The van der Waals surface area contributed by atoms with Crippen molar-refractivity contribution in [3.05, 3.63) is 0 Å². The Kier molecular flexibility index (Phi) is 5.17. The van der Waals surface area contributed by atoms with Crippen molar-refractivity contribution in [2.24, 2.45) is 5.92 Å². The third kappa shape index (κ3) is 3.72. The molecule has 1 aliphatic heterocycles. The van der Waals surface area contributed by atoms with Gasteiger partial charge in [-0.25, -0.2) is 0 Å². The Morgan fingerprint density at radius 3 is 2.21 bits per heavy atom. The summed E-state index contributed by atoms with van der Waals surface area (Å²) in [7, 11) is 0. The van der Waals surface area contributed by atoms with Crippen LogP contribution in [0.3, 0.4) is 0 Å². The van der Waals surface area contributed by atoms with E-state index in [0.29, 0.717) is 0 Å². The van der Waals surface area contributed by atoms with E-state index < -0.39 is 0 Å². The fraction of sp³-hybridized carbons (Fsp3) is 1.00. The molecule has 3 unspecified atom stereocenters. The van der Waals surface area contributed by atoms with Crippen LogP contribution in [0.5, 0.6) is 0 Å². The second-order valence-electron chi connectivity index (χ2n) is 7.11. The zero-order chi connectivity index (χ0) is 12.9. The van der Waals surface area contributed by atoms with E-state index in [0.717, 1.165) is 24.0 Å². The van der Waals surface area contributed by atoms with Crippen LogP contribution >= 0.6 is 0 Å². The van der Waals surface area contributed by atoms with Crippen LogP contribution in [0.2, 0.25) is 0 Å². The average molecular weight is 264 g/mol. The Hall–Kier alpha value is -0.0800. The number of hydrogen-bond acceptors (Lipinski definition) is 2. The van der Waals surface area contributed by atoms with E-state index in [1.165, 1.54) is 83.6 Å². The number of piperidine rings is 1. The standard InChI is InChI=1S/C17H32N2/c1-2-8-14(9-3-1)19-17-12-5-4-10-15(17)16-11-6-7-13-18-16/h14-19H,1-13H2. The molecule has 2 aliphatic carbocycles. The van der Waals surface area contributed by atoms with Gasteiger partial charge in [0.1, 0.15) is 0 Å². The van der Waals surface area contributed by atoms with Crippen LogP contribution in [-0.4, -0.2) is 24.7 Å². The molecule has 1 heterocycles. The monoisotopic (exact) mass is 264 g/mol. The van der Waals surface area contributed by atoms with E-state index in [9.17, 15) is 0 Å². The van der Waals surface area contributed by atoms with Crippen LogP contribution in [0.15, 0.2) is 0 Å². The van der Waals surface area contributed by atoms with Crippen molar-refractivity contribution in [2.75, 3.05) is 6.54 Å². The molecule has 3 rings (SSSR count). The highest BCUT2D eigenvalue weighted by molar-refractivity contribution is 4.92. The summed E-state index contributed by atoms with van der Waals surface area (Å²) < 4.78 is 0. The predicted octanol–water partition coefficient (Wildman–Crippen LogP) is 3.61. The molecule has 3 aliphatic rings. The van der Waals surface area contributed by atoms with Crippen molar-refractivity contribution in [1.82, 2.24) is 10.6 Å². The Balaban J connectivity index is 1.56. The molecular weight excluding hydrogens is 232 g/mol. The van der Waals surface area contributed by atoms with Crippen molar-refractivity contribution in [3.8, 4) is 0 Å². The highest BCUT2D eigenvalue weighted by Gasteiger charge is 2.33. The molecule has 1 saturated heterocycles. The van der Waals surface area contributed by atoms with E-state index >= 15 is 0 Å². The van der Waals surface area contributed by atoms with Gasteiger partial charge in [0.2, 0.25) is 0 Å². The van der Waals surface area contributed by atoms with E-state index in [4.69, 9.17) is 0 Å². The first kappa shape index (κ1) is 13.9. The lowest BCUT2D eigenvalue weighted by Crippen LogP contribution is -2.53. The van der Waals surface area contributed by atoms with Crippen LogP contribution in [0.4, 0.5) is 0 Å². The lowest BCUT2D eigenvalue weighted by atomic mass is 9.76. The SMILES string of the molecule is C1CCC(NC2CCCCC2C2CCCCN2)CC1. The Morgan fingerprint density at radius 1 is 0.684 bits per heavy atom. The number of rotatable bonds is 3. The normalized spacial score (nSPS) is 38.2. The highest BCUT2D eigenvalue weighted by Crippen LogP contribution is 2.31. The summed E-state index contributed by atoms with van der Waals surface area (Å²) in [6.45, 7) is 1.26. The maximum atomic E-state index is 4.07. The molecule has 3 atom stereocenters. The highest BCUT2D eigenvalue weighted by atomic mass is 15.0. The van der Waals surface area contributed by atoms with Crippen molar-refractivity contribution in [2.45, 2.75) is 95.2 Å². The maximum absolute atomic E-state index is 4.07. The zero-order valence-electron chi connectivity index (χ0n) is 12.5. The van der Waals surface area contributed by atoms with Crippen LogP contribution in [0, 0.1) is 5.92 Å². The molecule has 2 heteroatoms. The maximum Gasteiger partial charge on any atom is 0.0113 e. The fourth-order valence-electron chi connectivity index (χ4n) is 4.66. The van der Waals surface area contributed by atoms with E-state index in [-0.39, 0.29) is 0 Å². The molecular formula is C17H32N2. The van der Waals surface area contributed by atoms with E-state index in [2.05, 4.69) is 10.6 Å². The quantitative estimate of drug-likeness (QED) is 0.813. The fourth-order valence-corrected chi connectivity index (χ4v) is 4.66. The Bertz CT molecular complexity index is 254. The minimum absolute atomic E-state index is 0.812. The molecule has 0 aromatic carbocycles. The molecule has 0 bridgehead atoms. The van der Waals surface area contributed by atoms with Crippen molar-refractivity contribution in [3.63, 3.8) is 0 Å². The second kappa shape index (κ2) is 7.08. The minimum atomic E-state index is 0.812. The van der Waals surface area contributed by atoms with Gasteiger partial charge in [0.05, 0.1) is 0 Å². The first-order valence-electron chi connectivity index (χ1n) is 8.93. The molecule has 110 valence electrons. The average Bonchev–Trinajstić information content (AvgIpc) is 2.50. The van der Waals surface area contributed by atoms with Gasteiger partial charge in [0.25, 0.3) is 0 Å². The zero-order valence-corrected chi connectivity index (χ0v) is 12.5. The first-order valence-corrected chi connectivity index (χ1v) is 8.93. The van der Waals surface area contributed by atoms with Gasteiger partial charge in [-0.05, 0) is 51.0 Å². The largest absolute Gasteiger partial charge is 0.314 e. The lowest BCUT2D eigenvalue weighted by molar-refractivity contribution is 0.163. The molecule has 3 fully saturated rings. The smallest absolute Gasteiger partial charge is 0.0113 e. The van der Waals surface area contributed by atoms with Crippen LogP contribution in [0.25, 0.3) is 0 Å². The predicted molar refractivity (Wildman–Crippen MR) is 81.4 cm³/mol. The van der Waals surface area contributed by atoms with Crippen LogP contribution in [0.1, 0.15) is 77.0 Å². The van der Waals surface area contributed by atoms with Gasteiger partial charge in [-0.3, -0.25) is 0 Å². The molecule has 0 radical (unpaired) electrons. The molecule has 0 aromatic heterocycles. The third-order valence-electron chi connectivity index (χ3n) is 5.74. The van der Waals surface area contributed by atoms with Crippen LogP contribution < -0.4 is 10.6 Å². The van der Waals surface area contributed by atoms with Gasteiger partial charge >= 0.3 is 0 Å². The minimum Gasteiger partial charge on any atom is -0.314 e. The van der Waals surface area contributed by atoms with Crippen LogP contribution in [-0.2, 0) is 0 Å².